The fourth-order valence-electron chi connectivity index (χ4n) is 1.03. The second-order valence-electron chi connectivity index (χ2n) is 2.93. The largest absolute Gasteiger partial charge is 0.392 e. The molecule has 12 heavy (non-hydrogen) atoms. The van der Waals surface area contributed by atoms with Crippen LogP contribution in [0.4, 0.5) is 0 Å². The lowest BCUT2D eigenvalue weighted by molar-refractivity contribution is -0.125. The van der Waals surface area contributed by atoms with Crippen molar-refractivity contribution >= 4 is 11.8 Å². The molecule has 1 rings (SSSR count). The van der Waals surface area contributed by atoms with Gasteiger partial charge in [0.15, 0.2) is 0 Å². The van der Waals surface area contributed by atoms with Crippen molar-refractivity contribution in [1.29, 1.82) is 0 Å². The maximum Gasteiger partial charge on any atom is 0.244 e. The summed E-state index contributed by atoms with van der Waals surface area (Å²) < 4.78 is 0. The molecule has 0 radical (unpaired) electrons. The second-order valence-corrected chi connectivity index (χ2v) is 2.93. The molecule has 0 aromatic rings. The Morgan fingerprint density at radius 3 is 2.83 bits per heavy atom. The Labute approximate surface area is 70.1 Å². The highest BCUT2D eigenvalue weighted by molar-refractivity contribution is 6.05. The first-order valence-corrected chi connectivity index (χ1v) is 3.84. The Bertz CT molecular complexity index is 203. The molecule has 0 spiro atoms. The normalized spacial score (nSPS) is 25.7. The zero-order chi connectivity index (χ0) is 9.14. The molecule has 3 N–H and O–H groups in total. The number of aliphatic hydroxyl groups excluding tert-OH is 1. The van der Waals surface area contributed by atoms with Gasteiger partial charge in [0.05, 0.1) is 18.6 Å². The third kappa shape index (κ3) is 2.28. The van der Waals surface area contributed by atoms with Gasteiger partial charge in [0, 0.05) is 6.54 Å². The summed E-state index contributed by atoms with van der Waals surface area (Å²) in [6, 6.07) is -0.466. The van der Waals surface area contributed by atoms with E-state index in [9.17, 15) is 9.59 Å². The van der Waals surface area contributed by atoms with Crippen molar-refractivity contribution < 1.29 is 14.7 Å². The number of carbonyl (C=O) groups is 2. The molecule has 1 fully saturated rings. The van der Waals surface area contributed by atoms with E-state index in [1.54, 1.807) is 6.92 Å². The standard InChI is InChI=1S/C7H12N2O3/c1-4(10)3-8-5-2-6(11)9-7(5)12/h4-5,8,10H,2-3H2,1H3,(H,9,11,12). The van der Waals surface area contributed by atoms with Gasteiger partial charge in [-0.25, -0.2) is 0 Å². The lowest BCUT2D eigenvalue weighted by Crippen LogP contribution is -2.39. The van der Waals surface area contributed by atoms with Crippen LogP contribution in [0.25, 0.3) is 0 Å². The number of carbonyl (C=O) groups excluding carboxylic acids is 2. The molecule has 0 saturated carbocycles. The molecular formula is C7H12N2O3. The Morgan fingerprint density at radius 1 is 1.75 bits per heavy atom. The highest BCUT2D eigenvalue weighted by Gasteiger charge is 2.29. The molecule has 0 aromatic carbocycles. The number of hydrogen-bond donors (Lipinski definition) is 3. The Balaban J connectivity index is 2.33. The van der Waals surface area contributed by atoms with E-state index in [1.165, 1.54) is 0 Å². The summed E-state index contributed by atoms with van der Waals surface area (Å²) in [6.45, 7) is 1.94. The fourth-order valence-corrected chi connectivity index (χ4v) is 1.03. The van der Waals surface area contributed by atoms with Gasteiger partial charge in [-0.1, -0.05) is 0 Å². The van der Waals surface area contributed by atoms with E-state index in [4.69, 9.17) is 5.11 Å². The SMILES string of the molecule is CC(O)CNC1CC(=O)NC1=O. The van der Waals surface area contributed by atoms with Crippen molar-refractivity contribution in [3.05, 3.63) is 0 Å². The second kappa shape index (κ2) is 3.64. The first-order valence-electron chi connectivity index (χ1n) is 3.84. The smallest absolute Gasteiger partial charge is 0.244 e. The fraction of sp³-hybridized carbons (Fsp3) is 0.714. The van der Waals surface area contributed by atoms with E-state index in [-0.39, 0.29) is 18.2 Å². The van der Waals surface area contributed by atoms with Crippen LogP contribution in [0.3, 0.4) is 0 Å². The zero-order valence-corrected chi connectivity index (χ0v) is 6.83. The van der Waals surface area contributed by atoms with Gasteiger partial charge in [0.25, 0.3) is 0 Å². The van der Waals surface area contributed by atoms with Crippen LogP contribution in [0, 0.1) is 0 Å². The topological polar surface area (TPSA) is 78.4 Å². The molecule has 2 atom stereocenters. The maximum absolute atomic E-state index is 10.9. The highest BCUT2D eigenvalue weighted by atomic mass is 16.3. The minimum absolute atomic E-state index is 0.172. The number of amides is 2. The van der Waals surface area contributed by atoms with Crippen molar-refractivity contribution in [2.45, 2.75) is 25.5 Å². The number of hydrogen-bond acceptors (Lipinski definition) is 4. The number of rotatable bonds is 3. The van der Waals surface area contributed by atoms with Crippen LogP contribution in [0.15, 0.2) is 0 Å². The van der Waals surface area contributed by atoms with Crippen LogP contribution >= 0.6 is 0 Å². The van der Waals surface area contributed by atoms with Crippen molar-refractivity contribution in [3.63, 3.8) is 0 Å². The van der Waals surface area contributed by atoms with Gasteiger partial charge >= 0.3 is 0 Å². The van der Waals surface area contributed by atoms with Crippen LogP contribution in [0.1, 0.15) is 13.3 Å². The molecule has 1 aliphatic rings. The summed E-state index contributed by atoms with van der Waals surface area (Å²) in [5.74, 6) is -0.566. The minimum atomic E-state index is -0.506. The van der Waals surface area contributed by atoms with Crippen LogP contribution in [0.2, 0.25) is 0 Å². The average Bonchev–Trinajstić information content (AvgIpc) is 2.26. The molecular weight excluding hydrogens is 160 g/mol. The van der Waals surface area contributed by atoms with Gasteiger partial charge in [0.1, 0.15) is 0 Å². The molecule has 0 aromatic heterocycles. The maximum atomic E-state index is 10.9. The lowest BCUT2D eigenvalue weighted by Gasteiger charge is -2.09. The molecule has 1 saturated heterocycles. The predicted molar refractivity (Wildman–Crippen MR) is 41.2 cm³/mol. The Morgan fingerprint density at radius 2 is 2.42 bits per heavy atom. The lowest BCUT2D eigenvalue weighted by atomic mass is 10.2. The van der Waals surface area contributed by atoms with Gasteiger partial charge in [-0.05, 0) is 6.92 Å². The molecule has 1 aliphatic heterocycles. The highest BCUT2D eigenvalue weighted by Crippen LogP contribution is 2.00. The van der Waals surface area contributed by atoms with Gasteiger partial charge < -0.3 is 10.4 Å². The van der Waals surface area contributed by atoms with E-state index < -0.39 is 12.1 Å². The first-order chi connectivity index (χ1) is 5.59. The molecule has 68 valence electrons. The van der Waals surface area contributed by atoms with Gasteiger partial charge in [-0.15, -0.1) is 0 Å². The minimum Gasteiger partial charge on any atom is -0.392 e. The molecule has 0 aliphatic carbocycles. The molecule has 0 bridgehead atoms. The average molecular weight is 172 g/mol. The van der Waals surface area contributed by atoms with Crippen LogP contribution < -0.4 is 10.6 Å². The summed E-state index contributed by atoms with van der Waals surface area (Å²) in [7, 11) is 0. The summed E-state index contributed by atoms with van der Waals surface area (Å²) in [5, 5.41) is 13.8. The van der Waals surface area contributed by atoms with Gasteiger partial charge in [-0.2, -0.15) is 0 Å². The third-order valence-electron chi connectivity index (χ3n) is 1.63. The monoisotopic (exact) mass is 172 g/mol. The Kier molecular flexibility index (Phi) is 2.78. The zero-order valence-electron chi connectivity index (χ0n) is 6.83. The van der Waals surface area contributed by atoms with Gasteiger partial charge in [0.2, 0.25) is 11.8 Å². The summed E-state index contributed by atoms with van der Waals surface area (Å²) in [6.07, 6.45) is -0.334. The van der Waals surface area contributed by atoms with Crippen molar-refractivity contribution in [2.75, 3.05) is 6.54 Å². The summed E-state index contributed by atoms with van der Waals surface area (Å²) in [5.41, 5.74) is 0. The quantitative estimate of drug-likeness (QED) is 0.447. The van der Waals surface area contributed by atoms with E-state index in [0.29, 0.717) is 6.54 Å². The summed E-state index contributed by atoms with van der Waals surface area (Å²) >= 11 is 0. The predicted octanol–water partition coefficient (Wildman–Crippen LogP) is -1.63. The van der Waals surface area contributed by atoms with Crippen molar-refractivity contribution in [3.8, 4) is 0 Å². The van der Waals surface area contributed by atoms with E-state index in [2.05, 4.69) is 10.6 Å². The van der Waals surface area contributed by atoms with Gasteiger partial charge in [-0.3, -0.25) is 14.9 Å². The number of aliphatic hydroxyl groups is 1. The number of nitrogens with one attached hydrogen (secondary N) is 2. The van der Waals surface area contributed by atoms with Crippen LogP contribution in [-0.2, 0) is 9.59 Å². The van der Waals surface area contributed by atoms with Crippen LogP contribution in [0.5, 0.6) is 0 Å². The Hall–Kier alpha value is -0.940. The van der Waals surface area contributed by atoms with E-state index in [0.717, 1.165) is 0 Å². The molecule has 2 unspecified atom stereocenters. The molecule has 1 heterocycles. The summed E-state index contributed by atoms with van der Waals surface area (Å²) in [4.78, 5) is 21.6. The number of imide groups is 1. The van der Waals surface area contributed by atoms with Crippen LogP contribution in [-0.4, -0.2) is 35.6 Å². The first kappa shape index (κ1) is 9.15. The van der Waals surface area contributed by atoms with Crippen molar-refractivity contribution in [2.24, 2.45) is 0 Å². The molecule has 5 nitrogen and oxygen atoms in total. The van der Waals surface area contributed by atoms with E-state index >= 15 is 0 Å². The molecule has 2 amide bonds. The molecule has 5 heteroatoms. The third-order valence-corrected chi connectivity index (χ3v) is 1.63. The van der Waals surface area contributed by atoms with Crippen molar-refractivity contribution in [1.82, 2.24) is 10.6 Å². The van der Waals surface area contributed by atoms with E-state index in [1.807, 2.05) is 0 Å².